The number of rotatable bonds is 6. The molecule has 0 unspecified atom stereocenters. The summed E-state index contributed by atoms with van der Waals surface area (Å²) in [5.41, 5.74) is 5.69. The molecule has 0 saturated carbocycles. The molecule has 0 aliphatic heterocycles. The fourth-order valence-corrected chi connectivity index (χ4v) is 2.89. The summed E-state index contributed by atoms with van der Waals surface area (Å²) in [4.78, 5) is 12.0. The molecule has 1 aromatic rings. The van der Waals surface area contributed by atoms with Crippen LogP contribution in [0.25, 0.3) is 0 Å². The molecule has 7 nitrogen and oxygen atoms in total. The number of nitrogen functional groups attached to an aromatic ring is 1. The van der Waals surface area contributed by atoms with Crippen molar-refractivity contribution in [3.05, 3.63) is 23.8 Å². The van der Waals surface area contributed by atoms with Gasteiger partial charge in [-0.05, 0) is 32.0 Å². The van der Waals surface area contributed by atoms with Crippen LogP contribution in [0, 0.1) is 0 Å². The minimum absolute atomic E-state index is 0.144. The summed E-state index contributed by atoms with van der Waals surface area (Å²) in [6.07, 6.45) is 1.07. The van der Waals surface area contributed by atoms with Gasteiger partial charge in [0.25, 0.3) is 5.91 Å². The number of carbonyl (C=O) groups excluding carboxylic acids is 1. The van der Waals surface area contributed by atoms with Gasteiger partial charge >= 0.3 is 0 Å². The van der Waals surface area contributed by atoms with E-state index in [1.807, 2.05) is 0 Å². The lowest BCUT2D eigenvalue weighted by molar-refractivity contribution is 0.0944. The maximum absolute atomic E-state index is 12.0. The van der Waals surface area contributed by atoms with Crippen LogP contribution in [0.3, 0.4) is 0 Å². The molecule has 21 heavy (non-hydrogen) atoms. The first-order valence-electron chi connectivity index (χ1n) is 6.25. The number of nitrogens with one attached hydrogen (secondary N) is 2. The Kier molecular flexibility index (Phi) is 5.19. The van der Waals surface area contributed by atoms with E-state index in [1.165, 1.54) is 13.2 Å². The maximum Gasteiger partial charge on any atom is 0.251 e. The van der Waals surface area contributed by atoms with Crippen LogP contribution < -0.4 is 20.5 Å². The molecular weight excluding hydrogens is 294 g/mol. The number of amides is 1. The highest BCUT2D eigenvalue weighted by molar-refractivity contribution is 7.88. The van der Waals surface area contributed by atoms with Crippen molar-refractivity contribution in [1.82, 2.24) is 10.0 Å². The minimum Gasteiger partial charge on any atom is -0.495 e. The van der Waals surface area contributed by atoms with Gasteiger partial charge < -0.3 is 15.8 Å². The summed E-state index contributed by atoms with van der Waals surface area (Å²) in [6, 6.07) is 4.69. The molecule has 1 amide bonds. The molecule has 1 aromatic carbocycles. The second-order valence-corrected chi connectivity index (χ2v) is 7.15. The minimum atomic E-state index is -3.35. The van der Waals surface area contributed by atoms with Crippen LogP contribution in [0.4, 0.5) is 5.69 Å². The Labute approximate surface area is 124 Å². The topological polar surface area (TPSA) is 111 Å². The highest BCUT2D eigenvalue weighted by Gasteiger charge is 2.23. The summed E-state index contributed by atoms with van der Waals surface area (Å²) < 4.78 is 29.9. The molecule has 0 saturated heterocycles. The summed E-state index contributed by atoms with van der Waals surface area (Å²) in [6.45, 7) is 3.50. The molecule has 0 heterocycles. The average Bonchev–Trinajstić information content (AvgIpc) is 2.33. The number of hydrogen-bond acceptors (Lipinski definition) is 5. The highest BCUT2D eigenvalue weighted by atomic mass is 32.2. The van der Waals surface area contributed by atoms with Crippen molar-refractivity contribution in [1.29, 1.82) is 0 Å². The van der Waals surface area contributed by atoms with Crippen molar-refractivity contribution in [2.45, 2.75) is 19.4 Å². The van der Waals surface area contributed by atoms with E-state index in [4.69, 9.17) is 10.5 Å². The van der Waals surface area contributed by atoms with Gasteiger partial charge in [-0.1, -0.05) is 0 Å². The molecule has 0 radical (unpaired) electrons. The average molecular weight is 315 g/mol. The van der Waals surface area contributed by atoms with Crippen LogP contribution in [-0.2, 0) is 10.0 Å². The second kappa shape index (κ2) is 6.31. The van der Waals surface area contributed by atoms with Crippen molar-refractivity contribution in [2.75, 3.05) is 25.6 Å². The second-order valence-electron chi connectivity index (χ2n) is 5.40. The van der Waals surface area contributed by atoms with Gasteiger partial charge in [-0.3, -0.25) is 4.79 Å². The molecule has 0 fully saturated rings. The zero-order valence-corrected chi connectivity index (χ0v) is 13.4. The van der Waals surface area contributed by atoms with Crippen LogP contribution in [0.1, 0.15) is 24.2 Å². The third kappa shape index (κ3) is 5.60. The predicted octanol–water partition coefficient (Wildman–Crippen LogP) is 0.335. The lowest BCUT2D eigenvalue weighted by Crippen LogP contribution is -2.51. The smallest absolute Gasteiger partial charge is 0.251 e. The Morgan fingerprint density at radius 1 is 1.38 bits per heavy atom. The Morgan fingerprint density at radius 3 is 2.48 bits per heavy atom. The first kappa shape index (κ1) is 17.3. The molecular formula is C13H21N3O4S. The van der Waals surface area contributed by atoms with E-state index in [0.29, 0.717) is 17.0 Å². The largest absolute Gasteiger partial charge is 0.495 e. The maximum atomic E-state index is 12.0. The van der Waals surface area contributed by atoms with Gasteiger partial charge in [-0.25, -0.2) is 13.1 Å². The molecule has 0 spiro atoms. The summed E-state index contributed by atoms with van der Waals surface area (Å²) in [5, 5.41) is 2.66. The van der Waals surface area contributed by atoms with Crippen molar-refractivity contribution in [3.8, 4) is 5.75 Å². The van der Waals surface area contributed by atoms with Crippen LogP contribution in [-0.4, -0.2) is 39.8 Å². The van der Waals surface area contributed by atoms with Crippen molar-refractivity contribution in [3.63, 3.8) is 0 Å². The van der Waals surface area contributed by atoms with E-state index in [0.717, 1.165) is 6.26 Å². The lowest BCUT2D eigenvalue weighted by atomic mass is 10.1. The number of benzene rings is 1. The Hall–Kier alpha value is -1.80. The van der Waals surface area contributed by atoms with E-state index < -0.39 is 15.6 Å². The summed E-state index contributed by atoms with van der Waals surface area (Å²) >= 11 is 0. The van der Waals surface area contributed by atoms with E-state index in [-0.39, 0.29) is 12.5 Å². The number of methoxy groups -OCH3 is 1. The number of sulfonamides is 1. The number of carbonyl (C=O) groups is 1. The Morgan fingerprint density at radius 2 is 2.00 bits per heavy atom. The van der Waals surface area contributed by atoms with Crippen LogP contribution in [0.2, 0.25) is 0 Å². The van der Waals surface area contributed by atoms with Gasteiger partial charge in [0.05, 0.1) is 19.1 Å². The zero-order valence-electron chi connectivity index (χ0n) is 12.6. The summed E-state index contributed by atoms with van der Waals surface area (Å²) in [5.74, 6) is 0.151. The molecule has 0 atom stereocenters. The van der Waals surface area contributed by atoms with Crippen LogP contribution >= 0.6 is 0 Å². The molecule has 8 heteroatoms. The fraction of sp³-hybridized carbons (Fsp3) is 0.462. The predicted molar refractivity (Wildman–Crippen MR) is 81.8 cm³/mol. The van der Waals surface area contributed by atoms with E-state index in [2.05, 4.69) is 10.0 Å². The lowest BCUT2D eigenvalue weighted by Gasteiger charge is -2.25. The highest BCUT2D eigenvalue weighted by Crippen LogP contribution is 2.21. The zero-order chi connectivity index (χ0) is 16.3. The number of ether oxygens (including phenoxy) is 1. The van der Waals surface area contributed by atoms with Gasteiger partial charge in [-0.15, -0.1) is 0 Å². The molecule has 118 valence electrons. The van der Waals surface area contributed by atoms with Gasteiger partial charge in [0, 0.05) is 17.6 Å². The quantitative estimate of drug-likeness (QED) is 0.655. The normalized spacial score (nSPS) is 12.0. The van der Waals surface area contributed by atoms with Gasteiger partial charge in [0.15, 0.2) is 0 Å². The van der Waals surface area contributed by atoms with Crippen LogP contribution in [0.5, 0.6) is 5.75 Å². The third-order valence-corrected chi connectivity index (χ3v) is 3.57. The van der Waals surface area contributed by atoms with E-state index >= 15 is 0 Å². The SMILES string of the molecule is COc1ccc(C(=O)NCC(C)(C)NS(C)(=O)=O)cc1N. The molecule has 0 aliphatic carbocycles. The Bertz CT molecular complexity index is 626. The van der Waals surface area contributed by atoms with Gasteiger partial charge in [-0.2, -0.15) is 0 Å². The first-order chi connectivity index (χ1) is 9.54. The van der Waals surface area contributed by atoms with Crippen molar-refractivity contribution >= 4 is 21.6 Å². The fourth-order valence-electron chi connectivity index (χ4n) is 1.82. The molecule has 1 rings (SSSR count). The molecule has 0 aliphatic rings. The van der Waals surface area contributed by atoms with Gasteiger partial charge in [0.1, 0.15) is 5.75 Å². The monoisotopic (exact) mass is 315 g/mol. The molecule has 0 aromatic heterocycles. The van der Waals surface area contributed by atoms with Gasteiger partial charge in [0.2, 0.25) is 10.0 Å². The third-order valence-electron chi connectivity index (χ3n) is 2.64. The van der Waals surface area contributed by atoms with Crippen molar-refractivity contribution < 1.29 is 17.9 Å². The standard InChI is InChI=1S/C13H21N3O4S/c1-13(2,16-21(4,18)19)8-15-12(17)9-5-6-11(20-3)10(14)7-9/h5-7,16H,8,14H2,1-4H3,(H,15,17). The van der Waals surface area contributed by atoms with E-state index in [1.54, 1.807) is 26.0 Å². The summed E-state index contributed by atoms with van der Waals surface area (Å²) in [7, 11) is -1.86. The number of anilines is 1. The molecule has 0 bridgehead atoms. The number of nitrogens with two attached hydrogens (primary N) is 1. The Balaban J connectivity index is 2.72. The number of hydrogen-bond donors (Lipinski definition) is 3. The first-order valence-corrected chi connectivity index (χ1v) is 8.14. The van der Waals surface area contributed by atoms with Crippen molar-refractivity contribution in [2.24, 2.45) is 0 Å². The molecule has 4 N–H and O–H groups in total. The van der Waals surface area contributed by atoms with E-state index in [9.17, 15) is 13.2 Å². The van der Waals surface area contributed by atoms with Crippen LogP contribution in [0.15, 0.2) is 18.2 Å².